The SMILES string of the molecule is CCNC(=NCc1cccc(-n2cccn2)c1)NCc1ccc(N2CCCC2=O)cc1. The summed E-state index contributed by atoms with van der Waals surface area (Å²) in [5.41, 5.74) is 4.25. The van der Waals surface area contributed by atoms with Crippen LogP contribution in [0.2, 0.25) is 0 Å². The van der Waals surface area contributed by atoms with Crippen molar-refractivity contribution in [1.82, 2.24) is 20.4 Å². The van der Waals surface area contributed by atoms with Crippen molar-refractivity contribution >= 4 is 17.6 Å². The van der Waals surface area contributed by atoms with Gasteiger partial charge < -0.3 is 15.5 Å². The Morgan fingerprint density at radius 3 is 2.65 bits per heavy atom. The molecule has 1 saturated heterocycles. The number of aromatic nitrogens is 2. The summed E-state index contributed by atoms with van der Waals surface area (Å²) in [4.78, 5) is 18.5. The first-order valence-corrected chi connectivity index (χ1v) is 10.7. The minimum Gasteiger partial charge on any atom is -0.357 e. The first kappa shape index (κ1) is 20.7. The number of nitrogens with one attached hydrogen (secondary N) is 2. The average molecular weight is 417 g/mol. The predicted molar refractivity (Wildman–Crippen MR) is 123 cm³/mol. The second kappa shape index (κ2) is 9.93. The van der Waals surface area contributed by atoms with Gasteiger partial charge in [-0.2, -0.15) is 5.10 Å². The van der Waals surface area contributed by atoms with E-state index in [-0.39, 0.29) is 5.91 Å². The fourth-order valence-electron chi connectivity index (χ4n) is 3.63. The van der Waals surface area contributed by atoms with Gasteiger partial charge in [-0.05, 0) is 54.8 Å². The van der Waals surface area contributed by atoms with Gasteiger partial charge in [-0.25, -0.2) is 9.67 Å². The third kappa shape index (κ3) is 5.31. The molecule has 0 atom stereocenters. The zero-order chi connectivity index (χ0) is 21.5. The van der Waals surface area contributed by atoms with E-state index in [9.17, 15) is 4.79 Å². The predicted octanol–water partition coefficient (Wildman–Crippen LogP) is 3.25. The molecule has 1 amide bonds. The van der Waals surface area contributed by atoms with E-state index in [2.05, 4.69) is 46.9 Å². The second-order valence-corrected chi connectivity index (χ2v) is 7.48. The van der Waals surface area contributed by atoms with Gasteiger partial charge in [0.1, 0.15) is 0 Å². The molecule has 7 nitrogen and oxygen atoms in total. The highest BCUT2D eigenvalue weighted by atomic mass is 16.2. The highest BCUT2D eigenvalue weighted by Crippen LogP contribution is 2.21. The average Bonchev–Trinajstić information content (AvgIpc) is 3.48. The van der Waals surface area contributed by atoms with Crippen molar-refractivity contribution in [3.8, 4) is 5.69 Å². The molecule has 7 heteroatoms. The van der Waals surface area contributed by atoms with Gasteiger partial charge in [0, 0.05) is 44.1 Å². The number of carbonyl (C=O) groups is 1. The van der Waals surface area contributed by atoms with Crippen molar-refractivity contribution in [3.63, 3.8) is 0 Å². The van der Waals surface area contributed by atoms with Crippen LogP contribution in [0.1, 0.15) is 30.9 Å². The van der Waals surface area contributed by atoms with E-state index in [1.54, 1.807) is 6.20 Å². The molecule has 3 aromatic rings. The molecule has 4 rings (SSSR count). The van der Waals surface area contributed by atoms with Gasteiger partial charge in [-0.1, -0.05) is 24.3 Å². The fraction of sp³-hybridized carbons (Fsp3) is 0.292. The molecule has 1 aliphatic heterocycles. The van der Waals surface area contributed by atoms with Crippen LogP contribution in [0.5, 0.6) is 0 Å². The monoisotopic (exact) mass is 416 g/mol. The Balaban J connectivity index is 1.37. The quantitative estimate of drug-likeness (QED) is 0.458. The van der Waals surface area contributed by atoms with E-state index >= 15 is 0 Å². The Morgan fingerprint density at radius 1 is 1.06 bits per heavy atom. The molecule has 160 valence electrons. The largest absolute Gasteiger partial charge is 0.357 e. The first-order chi connectivity index (χ1) is 15.2. The molecule has 0 radical (unpaired) electrons. The van der Waals surface area contributed by atoms with Crippen LogP contribution in [0, 0.1) is 0 Å². The van der Waals surface area contributed by atoms with E-state index in [4.69, 9.17) is 4.99 Å². The van der Waals surface area contributed by atoms with Gasteiger partial charge in [0.05, 0.1) is 12.2 Å². The molecule has 31 heavy (non-hydrogen) atoms. The van der Waals surface area contributed by atoms with Gasteiger partial charge in [-0.15, -0.1) is 0 Å². The number of anilines is 1. The van der Waals surface area contributed by atoms with Gasteiger partial charge in [0.15, 0.2) is 5.96 Å². The maximum atomic E-state index is 11.9. The molecule has 1 aromatic heterocycles. The molecule has 0 spiro atoms. The van der Waals surface area contributed by atoms with E-state index in [1.807, 2.05) is 46.1 Å². The Bertz CT molecular complexity index is 1030. The third-order valence-electron chi connectivity index (χ3n) is 5.22. The second-order valence-electron chi connectivity index (χ2n) is 7.48. The number of rotatable bonds is 7. The molecule has 1 fully saturated rings. The zero-order valence-corrected chi connectivity index (χ0v) is 17.8. The van der Waals surface area contributed by atoms with Crippen LogP contribution in [0.15, 0.2) is 72.0 Å². The van der Waals surface area contributed by atoms with Gasteiger partial charge in [0.25, 0.3) is 0 Å². The Morgan fingerprint density at radius 2 is 1.94 bits per heavy atom. The van der Waals surface area contributed by atoms with Crippen LogP contribution in [-0.4, -0.2) is 34.7 Å². The van der Waals surface area contributed by atoms with Crippen LogP contribution >= 0.6 is 0 Å². The van der Waals surface area contributed by atoms with Crippen molar-refractivity contribution in [1.29, 1.82) is 0 Å². The van der Waals surface area contributed by atoms with E-state index in [0.717, 1.165) is 48.0 Å². The van der Waals surface area contributed by atoms with Crippen molar-refractivity contribution in [2.45, 2.75) is 32.9 Å². The highest BCUT2D eigenvalue weighted by molar-refractivity contribution is 5.95. The summed E-state index contributed by atoms with van der Waals surface area (Å²) in [6.45, 7) is 4.88. The normalized spacial score (nSPS) is 14.2. The number of aliphatic imine (C=N–C) groups is 1. The van der Waals surface area contributed by atoms with E-state index in [1.165, 1.54) is 0 Å². The molecule has 0 aliphatic carbocycles. The van der Waals surface area contributed by atoms with Crippen LogP contribution in [-0.2, 0) is 17.9 Å². The molecular formula is C24H28N6O. The van der Waals surface area contributed by atoms with Crippen LogP contribution in [0.4, 0.5) is 5.69 Å². The zero-order valence-electron chi connectivity index (χ0n) is 17.8. The lowest BCUT2D eigenvalue weighted by Crippen LogP contribution is -2.36. The Hall–Kier alpha value is -3.61. The minimum absolute atomic E-state index is 0.212. The van der Waals surface area contributed by atoms with Crippen molar-refractivity contribution in [2.75, 3.05) is 18.0 Å². The van der Waals surface area contributed by atoms with Crippen LogP contribution in [0.3, 0.4) is 0 Å². The van der Waals surface area contributed by atoms with Crippen LogP contribution in [0.25, 0.3) is 5.69 Å². The number of amides is 1. The molecule has 0 unspecified atom stereocenters. The summed E-state index contributed by atoms with van der Waals surface area (Å²) in [6, 6.07) is 18.3. The molecule has 1 aliphatic rings. The van der Waals surface area contributed by atoms with Gasteiger partial charge in [0.2, 0.25) is 5.91 Å². The summed E-state index contributed by atoms with van der Waals surface area (Å²) in [5.74, 6) is 0.981. The van der Waals surface area contributed by atoms with Crippen molar-refractivity contribution < 1.29 is 4.79 Å². The standard InChI is InChI=1S/C24H28N6O/c1-2-25-24(27-18-20-6-3-7-22(16-20)30-15-5-13-28-30)26-17-19-9-11-21(12-10-19)29-14-4-8-23(29)31/h3,5-7,9-13,15-16H,2,4,8,14,17-18H2,1H3,(H2,25,26,27). The maximum Gasteiger partial charge on any atom is 0.227 e. The molecule has 0 bridgehead atoms. The number of guanidine groups is 1. The lowest BCUT2D eigenvalue weighted by molar-refractivity contribution is -0.117. The first-order valence-electron chi connectivity index (χ1n) is 10.7. The fourth-order valence-corrected chi connectivity index (χ4v) is 3.63. The topological polar surface area (TPSA) is 74.6 Å². The summed E-state index contributed by atoms with van der Waals surface area (Å²) in [6.07, 6.45) is 5.29. The summed E-state index contributed by atoms with van der Waals surface area (Å²) < 4.78 is 1.84. The number of benzene rings is 2. The van der Waals surface area contributed by atoms with Gasteiger partial charge >= 0.3 is 0 Å². The Labute approximate surface area is 182 Å². The number of hydrogen-bond donors (Lipinski definition) is 2. The molecule has 2 N–H and O–H groups in total. The number of nitrogens with zero attached hydrogens (tertiary/aromatic N) is 4. The smallest absolute Gasteiger partial charge is 0.227 e. The number of hydrogen-bond acceptors (Lipinski definition) is 3. The molecule has 2 aromatic carbocycles. The maximum absolute atomic E-state index is 11.9. The molecular weight excluding hydrogens is 388 g/mol. The van der Waals surface area contributed by atoms with Crippen LogP contribution < -0.4 is 15.5 Å². The minimum atomic E-state index is 0.212. The van der Waals surface area contributed by atoms with Gasteiger partial charge in [-0.3, -0.25) is 4.79 Å². The number of carbonyl (C=O) groups excluding carboxylic acids is 1. The van der Waals surface area contributed by atoms with Crippen molar-refractivity contribution in [3.05, 3.63) is 78.1 Å². The Kier molecular flexibility index (Phi) is 6.62. The lowest BCUT2D eigenvalue weighted by Gasteiger charge is -2.16. The third-order valence-corrected chi connectivity index (χ3v) is 5.22. The van der Waals surface area contributed by atoms with E-state index in [0.29, 0.717) is 19.5 Å². The molecule has 2 heterocycles. The summed E-state index contributed by atoms with van der Waals surface area (Å²) in [7, 11) is 0. The highest BCUT2D eigenvalue weighted by Gasteiger charge is 2.21. The summed E-state index contributed by atoms with van der Waals surface area (Å²) >= 11 is 0. The summed E-state index contributed by atoms with van der Waals surface area (Å²) in [5, 5.41) is 11.0. The molecule has 0 saturated carbocycles. The lowest BCUT2D eigenvalue weighted by atomic mass is 10.2. The van der Waals surface area contributed by atoms with Crippen molar-refractivity contribution in [2.24, 2.45) is 4.99 Å². The van der Waals surface area contributed by atoms with E-state index < -0.39 is 0 Å².